The van der Waals surface area contributed by atoms with Crippen molar-refractivity contribution in [1.29, 1.82) is 0 Å². The first-order valence-corrected chi connectivity index (χ1v) is 11.8. The van der Waals surface area contributed by atoms with E-state index in [1.165, 1.54) is 18.5 Å². The highest BCUT2D eigenvalue weighted by Gasteiger charge is 2.15. The van der Waals surface area contributed by atoms with E-state index in [1.54, 1.807) is 35.6 Å². The topological polar surface area (TPSA) is 80.8 Å². The average Bonchev–Trinajstić information content (AvgIpc) is 3.50. The van der Waals surface area contributed by atoms with Crippen LogP contribution in [0.4, 0.5) is 11.4 Å². The van der Waals surface area contributed by atoms with E-state index in [1.807, 2.05) is 31.4 Å². The van der Waals surface area contributed by atoms with Gasteiger partial charge in [0.05, 0.1) is 16.3 Å². The number of esters is 1. The van der Waals surface area contributed by atoms with Crippen molar-refractivity contribution in [2.75, 3.05) is 29.9 Å². The molecule has 1 N–H and O–H groups in total. The van der Waals surface area contributed by atoms with E-state index < -0.39 is 5.97 Å². The van der Waals surface area contributed by atoms with Crippen molar-refractivity contribution in [1.82, 2.24) is 4.98 Å². The van der Waals surface area contributed by atoms with E-state index >= 15 is 0 Å². The van der Waals surface area contributed by atoms with Crippen LogP contribution in [0, 0.1) is 13.8 Å². The normalized spacial score (nSPS) is 13.1. The van der Waals surface area contributed by atoms with E-state index in [9.17, 15) is 9.59 Å². The number of hydrogen-bond acceptors (Lipinski definition) is 7. The van der Waals surface area contributed by atoms with Gasteiger partial charge >= 0.3 is 5.97 Å². The summed E-state index contributed by atoms with van der Waals surface area (Å²) >= 11 is 1.57. The van der Waals surface area contributed by atoms with Crippen molar-refractivity contribution in [3.8, 4) is 5.75 Å². The first kappa shape index (κ1) is 22.8. The maximum atomic E-state index is 12.3. The molecule has 1 saturated heterocycles. The van der Waals surface area contributed by atoms with Gasteiger partial charge in [-0.05, 0) is 74.7 Å². The van der Waals surface area contributed by atoms with Gasteiger partial charge < -0.3 is 19.7 Å². The Morgan fingerprint density at radius 3 is 2.52 bits per heavy atom. The van der Waals surface area contributed by atoms with Crippen molar-refractivity contribution in [3.05, 3.63) is 69.7 Å². The Morgan fingerprint density at radius 2 is 1.85 bits per heavy atom. The van der Waals surface area contributed by atoms with Gasteiger partial charge in [0.2, 0.25) is 0 Å². The Hall–Kier alpha value is -3.39. The Morgan fingerprint density at radius 1 is 1.09 bits per heavy atom. The molecular weight excluding hydrogens is 438 g/mol. The summed E-state index contributed by atoms with van der Waals surface area (Å²) in [6.45, 7) is 6.06. The van der Waals surface area contributed by atoms with Crippen LogP contribution in [0.15, 0.2) is 47.8 Å². The Kier molecular flexibility index (Phi) is 7.24. The second kappa shape index (κ2) is 10.5. The molecule has 1 fully saturated rings. The van der Waals surface area contributed by atoms with Crippen LogP contribution >= 0.6 is 11.3 Å². The molecule has 33 heavy (non-hydrogen) atoms. The summed E-state index contributed by atoms with van der Waals surface area (Å²) in [4.78, 5) is 31.3. The third-order valence-corrected chi connectivity index (χ3v) is 6.26. The fraction of sp³-hybridized carbons (Fsp3) is 0.320. The molecule has 1 aliphatic rings. The molecule has 1 aromatic heterocycles. The molecule has 0 aliphatic carbocycles. The number of nitrogens with one attached hydrogen (secondary N) is 1. The summed E-state index contributed by atoms with van der Waals surface area (Å²) in [5.41, 5.74) is 4.08. The summed E-state index contributed by atoms with van der Waals surface area (Å²) in [7, 11) is 0. The zero-order chi connectivity index (χ0) is 23.2. The number of amides is 1. The van der Waals surface area contributed by atoms with Gasteiger partial charge in [-0.1, -0.05) is 0 Å². The van der Waals surface area contributed by atoms with Crippen molar-refractivity contribution in [2.45, 2.75) is 33.3 Å². The Bertz CT molecular complexity index is 1120. The fourth-order valence-electron chi connectivity index (χ4n) is 3.68. The molecule has 2 aromatic carbocycles. The minimum absolute atomic E-state index is 0.353. The van der Waals surface area contributed by atoms with Gasteiger partial charge in [-0.3, -0.25) is 4.79 Å². The summed E-state index contributed by atoms with van der Waals surface area (Å²) in [5, 5.41) is 5.76. The zero-order valence-corrected chi connectivity index (χ0v) is 19.6. The molecular formula is C25H27N3O4S. The van der Waals surface area contributed by atoms with Gasteiger partial charge in [0.15, 0.2) is 6.61 Å². The average molecular weight is 466 g/mol. The van der Waals surface area contributed by atoms with E-state index in [2.05, 4.69) is 21.3 Å². The highest BCUT2D eigenvalue weighted by Crippen LogP contribution is 2.25. The lowest BCUT2D eigenvalue weighted by atomic mass is 10.1. The molecule has 1 amide bonds. The molecule has 0 atom stereocenters. The van der Waals surface area contributed by atoms with Crippen LogP contribution in [0.3, 0.4) is 0 Å². The fourth-order valence-corrected chi connectivity index (χ4v) is 4.28. The number of thiazole rings is 1. The van der Waals surface area contributed by atoms with Gasteiger partial charge in [0.1, 0.15) is 12.4 Å². The summed E-state index contributed by atoms with van der Waals surface area (Å²) in [6.07, 6.45) is 2.43. The quantitative estimate of drug-likeness (QED) is 0.484. The molecule has 1 aliphatic heterocycles. The first-order chi connectivity index (χ1) is 16.0. The predicted octanol–water partition coefficient (Wildman–Crippen LogP) is 4.73. The van der Waals surface area contributed by atoms with E-state index in [4.69, 9.17) is 9.47 Å². The van der Waals surface area contributed by atoms with E-state index in [0.717, 1.165) is 35.0 Å². The summed E-state index contributed by atoms with van der Waals surface area (Å²) < 4.78 is 10.9. The minimum atomic E-state index is -0.562. The lowest BCUT2D eigenvalue weighted by Gasteiger charge is -2.19. The Labute approximate surface area is 197 Å². The number of rotatable bonds is 8. The number of aryl methyl sites for hydroxylation is 2. The highest BCUT2D eigenvalue weighted by atomic mass is 32.1. The van der Waals surface area contributed by atoms with Gasteiger partial charge in [0, 0.05) is 29.8 Å². The van der Waals surface area contributed by atoms with Crippen LogP contribution in [0.2, 0.25) is 0 Å². The van der Waals surface area contributed by atoms with Gasteiger partial charge in [-0.25, -0.2) is 9.78 Å². The maximum Gasteiger partial charge on any atom is 0.338 e. The van der Waals surface area contributed by atoms with Crippen molar-refractivity contribution < 1.29 is 19.1 Å². The van der Waals surface area contributed by atoms with Crippen LogP contribution in [-0.2, 0) is 16.1 Å². The smallest absolute Gasteiger partial charge is 0.338 e. The van der Waals surface area contributed by atoms with Gasteiger partial charge in [-0.15, -0.1) is 11.3 Å². The second-order valence-corrected chi connectivity index (χ2v) is 9.05. The third-order valence-electron chi connectivity index (χ3n) is 5.43. The number of nitrogens with zero attached hydrogens (tertiary/aromatic N) is 2. The van der Waals surface area contributed by atoms with E-state index in [0.29, 0.717) is 17.9 Å². The van der Waals surface area contributed by atoms with Gasteiger partial charge in [0.25, 0.3) is 5.91 Å². The monoisotopic (exact) mass is 465 g/mol. The highest BCUT2D eigenvalue weighted by molar-refractivity contribution is 7.09. The second-order valence-electron chi connectivity index (χ2n) is 7.99. The molecule has 0 radical (unpaired) electrons. The third kappa shape index (κ3) is 6.10. The molecule has 172 valence electrons. The van der Waals surface area contributed by atoms with Crippen LogP contribution in [0.5, 0.6) is 5.75 Å². The summed E-state index contributed by atoms with van der Waals surface area (Å²) in [5.74, 6) is -0.311. The number of aromatic nitrogens is 1. The standard InChI is InChI=1S/C25H27N3O4S/c1-17-13-21(28-11-3-4-12-28)7-10-23(17)27-24(29)15-32-25(30)19-5-8-22(9-6-19)31-14-20-16-33-18(2)26-20/h5-10,13,16H,3-4,11-12,14-15H2,1-2H3,(H,27,29). The van der Waals surface area contributed by atoms with Crippen molar-refractivity contribution in [3.63, 3.8) is 0 Å². The number of carbonyl (C=O) groups excluding carboxylic acids is 2. The van der Waals surface area contributed by atoms with Gasteiger partial charge in [-0.2, -0.15) is 0 Å². The molecule has 4 rings (SSSR count). The number of benzene rings is 2. The van der Waals surface area contributed by atoms with Crippen LogP contribution in [0.1, 0.15) is 39.5 Å². The lowest BCUT2D eigenvalue weighted by molar-refractivity contribution is -0.119. The number of hydrogen-bond donors (Lipinski definition) is 1. The number of carbonyl (C=O) groups is 2. The van der Waals surface area contributed by atoms with Crippen molar-refractivity contribution >= 4 is 34.6 Å². The molecule has 2 heterocycles. The molecule has 8 heteroatoms. The minimum Gasteiger partial charge on any atom is -0.487 e. The molecule has 0 bridgehead atoms. The number of ether oxygens (including phenoxy) is 2. The number of anilines is 2. The van der Waals surface area contributed by atoms with Crippen LogP contribution < -0.4 is 15.0 Å². The van der Waals surface area contributed by atoms with Crippen LogP contribution in [-0.4, -0.2) is 36.6 Å². The first-order valence-electron chi connectivity index (χ1n) is 10.9. The predicted molar refractivity (Wildman–Crippen MR) is 129 cm³/mol. The molecule has 0 unspecified atom stereocenters. The summed E-state index contributed by atoms with van der Waals surface area (Å²) in [6, 6.07) is 12.6. The molecule has 7 nitrogen and oxygen atoms in total. The Balaban J connectivity index is 1.24. The lowest BCUT2D eigenvalue weighted by Crippen LogP contribution is -2.22. The van der Waals surface area contributed by atoms with Crippen LogP contribution in [0.25, 0.3) is 0 Å². The molecule has 0 saturated carbocycles. The SMILES string of the molecule is Cc1nc(COc2ccc(C(=O)OCC(=O)Nc3ccc(N4CCCC4)cc3C)cc2)cs1. The van der Waals surface area contributed by atoms with Crippen molar-refractivity contribution in [2.24, 2.45) is 0 Å². The molecule has 0 spiro atoms. The largest absolute Gasteiger partial charge is 0.487 e. The molecule has 3 aromatic rings. The maximum absolute atomic E-state index is 12.3. The van der Waals surface area contributed by atoms with E-state index in [-0.39, 0.29) is 12.5 Å². The zero-order valence-electron chi connectivity index (χ0n) is 18.8.